The summed E-state index contributed by atoms with van der Waals surface area (Å²) < 4.78 is 2.30. The minimum Gasteiger partial charge on any atom is -0.347 e. The summed E-state index contributed by atoms with van der Waals surface area (Å²) in [6.45, 7) is 5.36. The van der Waals surface area contributed by atoms with Gasteiger partial charge in [-0.1, -0.05) is 18.2 Å². The van der Waals surface area contributed by atoms with Crippen molar-refractivity contribution in [2.24, 2.45) is 0 Å². The molecule has 14 heavy (non-hydrogen) atoms. The van der Waals surface area contributed by atoms with Gasteiger partial charge in [-0.25, -0.2) is 0 Å². The minimum absolute atomic E-state index is 0.812. The molecular weight excluding hydrogens is 190 g/mol. The molecule has 2 aromatic rings. The number of aryl methyl sites for hydroxylation is 2. The minimum atomic E-state index is 0.812. The molecule has 0 saturated heterocycles. The van der Waals surface area contributed by atoms with Gasteiger partial charge in [0, 0.05) is 23.9 Å². The predicted molar refractivity (Wildman–Crippen MR) is 65.0 cm³/mol. The second-order valence-electron chi connectivity index (χ2n) is 3.57. The number of rotatable bonds is 2. The maximum Gasteiger partial charge on any atom is 0.0513 e. The van der Waals surface area contributed by atoms with Gasteiger partial charge >= 0.3 is 0 Å². The molecule has 0 unspecified atom stereocenters. The third kappa shape index (κ3) is 1.34. The SMILES string of the molecule is CCn1cc(CS)c2cccc(C)c21. The summed E-state index contributed by atoms with van der Waals surface area (Å²) in [6, 6.07) is 6.46. The number of benzene rings is 1. The second kappa shape index (κ2) is 3.70. The molecule has 0 amide bonds. The van der Waals surface area contributed by atoms with Gasteiger partial charge in [0.2, 0.25) is 0 Å². The van der Waals surface area contributed by atoms with Crippen LogP contribution in [0.2, 0.25) is 0 Å². The molecule has 2 heteroatoms. The lowest BCUT2D eigenvalue weighted by Gasteiger charge is -2.02. The smallest absolute Gasteiger partial charge is 0.0513 e. The quantitative estimate of drug-likeness (QED) is 0.717. The van der Waals surface area contributed by atoms with Gasteiger partial charge in [0.15, 0.2) is 0 Å². The molecule has 0 atom stereocenters. The topological polar surface area (TPSA) is 4.93 Å². The molecule has 0 N–H and O–H groups in total. The molecule has 0 saturated carbocycles. The third-order valence-corrected chi connectivity index (χ3v) is 3.03. The Morgan fingerprint density at radius 1 is 1.36 bits per heavy atom. The Balaban J connectivity index is 2.82. The fourth-order valence-corrected chi connectivity index (χ4v) is 2.25. The van der Waals surface area contributed by atoms with Crippen molar-refractivity contribution in [2.45, 2.75) is 26.1 Å². The molecule has 0 bridgehead atoms. The summed E-state index contributed by atoms with van der Waals surface area (Å²) in [5.74, 6) is 0.812. The molecule has 2 rings (SSSR count). The molecule has 1 nitrogen and oxygen atoms in total. The van der Waals surface area contributed by atoms with E-state index in [9.17, 15) is 0 Å². The Hall–Kier alpha value is -0.890. The number of fused-ring (bicyclic) bond motifs is 1. The molecule has 0 aliphatic rings. The van der Waals surface area contributed by atoms with Crippen molar-refractivity contribution in [1.29, 1.82) is 0 Å². The zero-order valence-corrected chi connectivity index (χ0v) is 9.51. The Labute approximate surface area is 90.1 Å². The van der Waals surface area contributed by atoms with E-state index >= 15 is 0 Å². The summed E-state index contributed by atoms with van der Waals surface area (Å²) in [5, 5.41) is 1.35. The summed E-state index contributed by atoms with van der Waals surface area (Å²) in [5.41, 5.74) is 4.03. The summed E-state index contributed by atoms with van der Waals surface area (Å²) >= 11 is 4.36. The van der Waals surface area contributed by atoms with Gasteiger partial charge in [0.25, 0.3) is 0 Å². The number of para-hydroxylation sites is 1. The molecule has 0 spiro atoms. The molecule has 1 aromatic carbocycles. The van der Waals surface area contributed by atoms with Crippen LogP contribution in [0.15, 0.2) is 24.4 Å². The maximum atomic E-state index is 4.36. The van der Waals surface area contributed by atoms with Crippen molar-refractivity contribution in [2.75, 3.05) is 0 Å². The maximum absolute atomic E-state index is 4.36. The van der Waals surface area contributed by atoms with E-state index in [1.165, 1.54) is 22.0 Å². The standard InChI is InChI=1S/C12H15NS/c1-3-13-7-10(8-14)11-6-4-5-9(2)12(11)13/h4-7,14H,3,8H2,1-2H3. The van der Waals surface area contributed by atoms with E-state index in [4.69, 9.17) is 0 Å². The van der Waals surface area contributed by atoms with Crippen molar-refractivity contribution < 1.29 is 0 Å². The highest BCUT2D eigenvalue weighted by molar-refractivity contribution is 7.79. The first-order valence-corrected chi connectivity index (χ1v) is 5.59. The molecule has 1 heterocycles. The first-order chi connectivity index (χ1) is 6.77. The Bertz CT molecular complexity index is 457. The molecule has 0 aliphatic carbocycles. The van der Waals surface area contributed by atoms with Crippen molar-refractivity contribution in [3.05, 3.63) is 35.5 Å². The van der Waals surface area contributed by atoms with Crippen LogP contribution in [-0.2, 0) is 12.3 Å². The van der Waals surface area contributed by atoms with Crippen LogP contribution in [0.4, 0.5) is 0 Å². The molecule has 74 valence electrons. The third-order valence-electron chi connectivity index (χ3n) is 2.69. The summed E-state index contributed by atoms with van der Waals surface area (Å²) in [4.78, 5) is 0. The molecule has 0 radical (unpaired) electrons. The highest BCUT2D eigenvalue weighted by atomic mass is 32.1. The fourth-order valence-electron chi connectivity index (χ4n) is 2.00. The fraction of sp³-hybridized carbons (Fsp3) is 0.333. The largest absolute Gasteiger partial charge is 0.347 e. The van der Waals surface area contributed by atoms with Crippen LogP contribution >= 0.6 is 12.6 Å². The first-order valence-electron chi connectivity index (χ1n) is 4.96. The van der Waals surface area contributed by atoms with Gasteiger partial charge < -0.3 is 4.57 Å². The summed E-state index contributed by atoms with van der Waals surface area (Å²) in [6.07, 6.45) is 2.21. The summed E-state index contributed by atoms with van der Waals surface area (Å²) in [7, 11) is 0. The first kappa shape index (κ1) is 9.66. The number of aromatic nitrogens is 1. The van der Waals surface area contributed by atoms with E-state index in [-0.39, 0.29) is 0 Å². The lowest BCUT2D eigenvalue weighted by molar-refractivity contribution is 0.793. The second-order valence-corrected chi connectivity index (χ2v) is 3.89. The van der Waals surface area contributed by atoms with Crippen LogP contribution in [0.5, 0.6) is 0 Å². The van der Waals surface area contributed by atoms with E-state index in [1.807, 2.05) is 0 Å². The molecule has 0 fully saturated rings. The zero-order chi connectivity index (χ0) is 10.1. The van der Waals surface area contributed by atoms with Crippen LogP contribution in [0.1, 0.15) is 18.1 Å². The van der Waals surface area contributed by atoms with Crippen molar-refractivity contribution in [3.8, 4) is 0 Å². The van der Waals surface area contributed by atoms with Crippen molar-refractivity contribution in [3.63, 3.8) is 0 Å². The molecule has 1 aromatic heterocycles. The Morgan fingerprint density at radius 2 is 2.14 bits per heavy atom. The number of hydrogen-bond donors (Lipinski definition) is 1. The van der Waals surface area contributed by atoms with Crippen molar-refractivity contribution >= 4 is 23.5 Å². The number of hydrogen-bond acceptors (Lipinski definition) is 1. The van der Waals surface area contributed by atoms with E-state index < -0.39 is 0 Å². The highest BCUT2D eigenvalue weighted by Gasteiger charge is 2.07. The van der Waals surface area contributed by atoms with Crippen molar-refractivity contribution in [1.82, 2.24) is 4.57 Å². The van der Waals surface area contributed by atoms with E-state index in [0.717, 1.165) is 12.3 Å². The van der Waals surface area contributed by atoms with Gasteiger partial charge in [0.1, 0.15) is 0 Å². The van der Waals surface area contributed by atoms with E-state index in [0.29, 0.717) is 0 Å². The van der Waals surface area contributed by atoms with E-state index in [2.05, 4.69) is 55.4 Å². The lowest BCUT2D eigenvalue weighted by Crippen LogP contribution is -1.92. The average molecular weight is 205 g/mol. The Morgan fingerprint density at radius 3 is 2.79 bits per heavy atom. The van der Waals surface area contributed by atoms with Crippen LogP contribution in [0.25, 0.3) is 10.9 Å². The zero-order valence-electron chi connectivity index (χ0n) is 8.62. The predicted octanol–water partition coefficient (Wildman–Crippen LogP) is 3.40. The van der Waals surface area contributed by atoms with Gasteiger partial charge in [-0.2, -0.15) is 12.6 Å². The van der Waals surface area contributed by atoms with Gasteiger partial charge in [-0.3, -0.25) is 0 Å². The number of thiol groups is 1. The lowest BCUT2D eigenvalue weighted by atomic mass is 10.1. The Kier molecular flexibility index (Phi) is 2.55. The van der Waals surface area contributed by atoms with Crippen LogP contribution in [-0.4, -0.2) is 4.57 Å². The van der Waals surface area contributed by atoms with Crippen LogP contribution in [0, 0.1) is 6.92 Å². The molecule has 0 aliphatic heterocycles. The van der Waals surface area contributed by atoms with Crippen LogP contribution < -0.4 is 0 Å². The van der Waals surface area contributed by atoms with E-state index in [1.54, 1.807) is 0 Å². The highest BCUT2D eigenvalue weighted by Crippen LogP contribution is 2.25. The number of nitrogens with zero attached hydrogens (tertiary/aromatic N) is 1. The normalized spacial score (nSPS) is 11.1. The monoisotopic (exact) mass is 205 g/mol. The van der Waals surface area contributed by atoms with Crippen LogP contribution in [0.3, 0.4) is 0 Å². The van der Waals surface area contributed by atoms with Gasteiger partial charge in [-0.05, 0) is 25.0 Å². The molecular formula is C12H15NS. The van der Waals surface area contributed by atoms with Gasteiger partial charge in [0.05, 0.1) is 5.52 Å². The van der Waals surface area contributed by atoms with Gasteiger partial charge in [-0.15, -0.1) is 0 Å². The average Bonchev–Trinajstić information content (AvgIpc) is 2.57.